The standard InChI is InChI=1S/C34H33ClF3N7O3S/c1-16-27(41-16)32(46)44-9-5-18(6-10-44)48-31-20-11-22(35)25(19-3-4-23(37)29-24(19)21(13-39)30(40)49-29)26(38)28(20)42-33(43-31)47-15-34-7-2-8-45(34)14-17(36)12-34/h3-4,11,16-18,27,41H,2,5-10,12,14-15,40H2,1H3/t16-,17+,27+,34?/m0/s1. The van der Waals surface area contributed by atoms with E-state index in [1.54, 1.807) is 0 Å². The van der Waals surface area contributed by atoms with E-state index in [9.17, 15) is 18.8 Å². The summed E-state index contributed by atoms with van der Waals surface area (Å²) in [6.07, 6.45) is 1.77. The highest BCUT2D eigenvalue weighted by atomic mass is 35.5. The molecule has 4 saturated heterocycles. The minimum atomic E-state index is -0.962. The van der Waals surface area contributed by atoms with Crippen molar-refractivity contribution in [3.63, 3.8) is 0 Å². The minimum absolute atomic E-state index is 0.0272. The van der Waals surface area contributed by atoms with E-state index in [-0.39, 0.29) is 90.3 Å². The summed E-state index contributed by atoms with van der Waals surface area (Å²) in [5, 5.41) is 13.4. The van der Waals surface area contributed by atoms with Gasteiger partial charge in [0.2, 0.25) is 11.8 Å². The number of anilines is 1. The number of hydrogen-bond donors (Lipinski definition) is 2. The molecule has 2 aromatic carbocycles. The summed E-state index contributed by atoms with van der Waals surface area (Å²) in [6, 6.07) is 5.93. The van der Waals surface area contributed by atoms with Crippen molar-refractivity contribution in [3.05, 3.63) is 40.4 Å². The molecule has 0 radical (unpaired) electrons. The predicted molar refractivity (Wildman–Crippen MR) is 180 cm³/mol. The van der Waals surface area contributed by atoms with Gasteiger partial charge in [-0.05, 0) is 44.0 Å². The number of thiophene rings is 1. The first-order valence-electron chi connectivity index (χ1n) is 16.4. The van der Waals surface area contributed by atoms with Crippen molar-refractivity contribution in [1.82, 2.24) is 25.1 Å². The number of hydrogen-bond acceptors (Lipinski definition) is 10. The molecule has 0 bridgehead atoms. The number of ether oxygens (including phenoxy) is 2. The highest BCUT2D eigenvalue weighted by Gasteiger charge is 2.49. The molecule has 0 saturated carbocycles. The lowest BCUT2D eigenvalue weighted by molar-refractivity contribution is -0.132. The lowest BCUT2D eigenvalue weighted by atomic mass is 9.95. The molecule has 256 valence electrons. The van der Waals surface area contributed by atoms with E-state index in [1.165, 1.54) is 18.2 Å². The van der Waals surface area contributed by atoms with Crippen LogP contribution in [0.3, 0.4) is 0 Å². The maximum Gasteiger partial charge on any atom is 0.320 e. The Morgan fingerprint density at radius 1 is 1.27 bits per heavy atom. The maximum absolute atomic E-state index is 16.9. The largest absolute Gasteiger partial charge is 0.474 e. The molecule has 4 aliphatic heterocycles. The minimum Gasteiger partial charge on any atom is -0.474 e. The van der Waals surface area contributed by atoms with E-state index >= 15 is 4.39 Å². The molecule has 1 unspecified atom stereocenters. The summed E-state index contributed by atoms with van der Waals surface area (Å²) in [7, 11) is 0. The lowest BCUT2D eigenvalue weighted by Gasteiger charge is -2.32. The van der Waals surface area contributed by atoms with Crippen LogP contribution in [-0.2, 0) is 4.79 Å². The molecule has 8 rings (SSSR count). The molecular formula is C34H33ClF3N7O3S. The topological polar surface area (TPSA) is 140 Å². The monoisotopic (exact) mass is 711 g/mol. The van der Waals surface area contributed by atoms with Gasteiger partial charge < -0.3 is 20.1 Å². The third kappa shape index (κ3) is 5.51. The van der Waals surface area contributed by atoms with Crippen LogP contribution >= 0.6 is 22.9 Å². The highest BCUT2D eigenvalue weighted by molar-refractivity contribution is 7.23. The third-order valence-corrected chi connectivity index (χ3v) is 11.7. The maximum atomic E-state index is 16.9. The van der Waals surface area contributed by atoms with Gasteiger partial charge in [0.05, 0.1) is 26.2 Å². The molecule has 4 aliphatic rings. The number of halogens is 4. The summed E-state index contributed by atoms with van der Waals surface area (Å²) in [5.74, 6) is -1.30. The number of piperidine rings is 1. The lowest BCUT2D eigenvalue weighted by Crippen LogP contribution is -2.44. The Morgan fingerprint density at radius 2 is 2.04 bits per heavy atom. The molecular weight excluding hydrogens is 679 g/mol. The number of nitrogen functional groups attached to an aromatic ring is 1. The van der Waals surface area contributed by atoms with Gasteiger partial charge in [0.15, 0.2) is 5.82 Å². The van der Waals surface area contributed by atoms with Gasteiger partial charge in [-0.3, -0.25) is 15.0 Å². The number of nitriles is 1. The second kappa shape index (κ2) is 12.2. The number of aromatic nitrogens is 2. The van der Waals surface area contributed by atoms with Crippen molar-refractivity contribution in [2.45, 2.75) is 68.9 Å². The van der Waals surface area contributed by atoms with Gasteiger partial charge in [0.25, 0.3) is 0 Å². The van der Waals surface area contributed by atoms with Gasteiger partial charge in [-0.2, -0.15) is 15.2 Å². The van der Waals surface area contributed by atoms with Crippen LogP contribution in [0.5, 0.6) is 11.9 Å². The van der Waals surface area contributed by atoms with Gasteiger partial charge in [-0.25, -0.2) is 13.2 Å². The predicted octanol–water partition coefficient (Wildman–Crippen LogP) is 5.58. The average molecular weight is 712 g/mol. The molecule has 2 aromatic heterocycles. The number of fused-ring (bicyclic) bond motifs is 3. The first-order valence-corrected chi connectivity index (χ1v) is 17.6. The van der Waals surface area contributed by atoms with Crippen molar-refractivity contribution in [2.75, 3.05) is 38.5 Å². The Bertz CT molecular complexity index is 2050. The normalized spacial score (nSPS) is 25.6. The second-order valence-corrected chi connectivity index (χ2v) is 14.9. The number of carbonyl (C=O) groups excluding carboxylic acids is 1. The molecule has 4 fully saturated rings. The number of likely N-dealkylation sites (tertiary alicyclic amines) is 1. The molecule has 10 nitrogen and oxygen atoms in total. The van der Waals surface area contributed by atoms with Gasteiger partial charge in [0.1, 0.15) is 47.3 Å². The summed E-state index contributed by atoms with van der Waals surface area (Å²) >= 11 is 7.69. The third-order valence-electron chi connectivity index (χ3n) is 10.4. The van der Waals surface area contributed by atoms with E-state index in [2.05, 4.69) is 20.2 Å². The van der Waals surface area contributed by atoms with E-state index in [1.807, 2.05) is 17.9 Å². The SMILES string of the molecule is C[C@@H]1N[C@H]1C(=O)N1CCC(Oc2nc(OCC34CCCN3C[C@H](F)C4)nc3c(F)c(-c4ccc(F)c5sc(N)c(C#N)c45)c(Cl)cc23)CC1. The van der Waals surface area contributed by atoms with Crippen LogP contribution in [0.15, 0.2) is 18.2 Å². The number of alkyl halides is 1. The van der Waals surface area contributed by atoms with Crippen LogP contribution in [-0.4, -0.2) is 88.4 Å². The Morgan fingerprint density at radius 3 is 2.78 bits per heavy atom. The number of nitrogens with one attached hydrogen (secondary N) is 1. The number of carbonyl (C=O) groups is 1. The molecule has 6 heterocycles. The van der Waals surface area contributed by atoms with Crippen LogP contribution < -0.4 is 20.5 Å². The van der Waals surface area contributed by atoms with E-state index in [4.69, 9.17) is 26.8 Å². The highest BCUT2D eigenvalue weighted by Crippen LogP contribution is 2.46. The van der Waals surface area contributed by atoms with Gasteiger partial charge in [-0.1, -0.05) is 17.7 Å². The Hall–Kier alpha value is -3.90. The van der Waals surface area contributed by atoms with Crippen LogP contribution in [0.1, 0.15) is 44.6 Å². The van der Waals surface area contributed by atoms with Crippen molar-refractivity contribution < 1.29 is 27.4 Å². The number of nitrogens with zero attached hydrogens (tertiary/aromatic N) is 5. The zero-order valence-electron chi connectivity index (χ0n) is 26.6. The fraction of sp³-hybridized carbons (Fsp3) is 0.471. The van der Waals surface area contributed by atoms with Gasteiger partial charge in [-0.15, -0.1) is 11.3 Å². The molecule has 4 aromatic rings. The number of rotatable bonds is 7. The molecule has 49 heavy (non-hydrogen) atoms. The molecule has 15 heteroatoms. The first kappa shape index (κ1) is 32.3. The van der Waals surface area contributed by atoms with Crippen molar-refractivity contribution in [1.29, 1.82) is 5.26 Å². The van der Waals surface area contributed by atoms with Gasteiger partial charge >= 0.3 is 6.01 Å². The fourth-order valence-electron chi connectivity index (χ4n) is 7.77. The van der Waals surface area contributed by atoms with Crippen LogP contribution in [0.25, 0.3) is 32.1 Å². The summed E-state index contributed by atoms with van der Waals surface area (Å²) < 4.78 is 58.9. The molecule has 0 spiro atoms. The number of nitrogens with two attached hydrogens (primary N) is 1. The smallest absolute Gasteiger partial charge is 0.320 e. The van der Waals surface area contributed by atoms with Crippen LogP contribution in [0.4, 0.5) is 18.2 Å². The molecule has 0 aliphatic carbocycles. The molecule has 1 amide bonds. The Kier molecular flexibility index (Phi) is 8.01. The van der Waals surface area contributed by atoms with Crippen LogP contribution in [0.2, 0.25) is 5.02 Å². The van der Waals surface area contributed by atoms with E-state index < -0.39 is 23.3 Å². The van der Waals surface area contributed by atoms with E-state index in [0.717, 1.165) is 30.7 Å². The second-order valence-electron chi connectivity index (χ2n) is 13.4. The van der Waals surface area contributed by atoms with Crippen LogP contribution in [0, 0.1) is 23.0 Å². The fourth-order valence-corrected chi connectivity index (χ4v) is 9.01. The zero-order valence-corrected chi connectivity index (χ0v) is 28.1. The Labute approximate surface area is 288 Å². The molecule has 4 atom stereocenters. The summed E-state index contributed by atoms with van der Waals surface area (Å²) in [6.45, 7) is 4.19. The summed E-state index contributed by atoms with van der Waals surface area (Å²) in [4.78, 5) is 25.7. The molecule has 3 N–H and O–H groups in total. The van der Waals surface area contributed by atoms with E-state index in [0.29, 0.717) is 38.9 Å². The summed E-state index contributed by atoms with van der Waals surface area (Å²) in [5.41, 5.74) is 5.54. The van der Waals surface area contributed by atoms with Crippen molar-refractivity contribution in [2.24, 2.45) is 0 Å². The zero-order chi connectivity index (χ0) is 34.2. The number of benzene rings is 2. The van der Waals surface area contributed by atoms with Gasteiger partial charge in [0, 0.05) is 55.9 Å². The number of amides is 1. The van der Waals surface area contributed by atoms with Crippen molar-refractivity contribution >= 4 is 54.8 Å². The average Bonchev–Trinajstić information content (AvgIpc) is 3.36. The van der Waals surface area contributed by atoms with Crippen molar-refractivity contribution in [3.8, 4) is 29.1 Å². The quantitative estimate of drug-likeness (QED) is 0.235. The Balaban J connectivity index is 1.18. The first-order chi connectivity index (χ1) is 23.6.